The molecule has 1 aliphatic heterocycles. The number of pyridine rings is 1. The summed E-state index contributed by atoms with van der Waals surface area (Å²) in [5.41, 5.74) is -1.05. The fraction of sp³-hybridized carbons (Fsp3) is 0.600. The molecule has 1 aromatic heterocycles. The zero-order valence-corrected chi connectivity index (χ0v) is 15.5. The Morgan fingerprint density at radius 2 is 2.08 bits per heavy atom. The number of nitrogens with one attached hydrogen (secondary N) is 1. The number of aromatic nitrogens is 1. The minimum absolute atomic E-state index is 0.0480. The van der Waals surface area contributed by atoms with E-state index >= 15 is 0 Å². The normalized spacial score (nSPS) is 19.1. The Morgan fingerprint density at radius 1 is 1.42 bits per heavy atom. The highest BCUT2D eigenvalue weighted by Crippen LogP contribution is 2.38. The van der Waals surface area contributed by atoms with E-state index in [0.29, 0.717) is 12.8 Å². The van der Waals surface area contributed by atoms with Crippen LogP contribution in [0.2, 0.25) is 0 Å². The molecule has 0 saturated carbocycles. The van der Waals surface area contributed by atoms with Crippen LogP contribution in [0.3, 0.4) is 0 Å². The first kappa shape index (κ1) is 20.6. The van der Waals surface area contributed by atoms with Crippen molar-refractivity contribution >= 4 is 16.1 Å². The van der Waals surface area contributed by atoms with Crippen LogP contribution in [-0.4, -0.2) is 48.6 Å². The van der Waals surface area contributed by atoms with Crippen LogP contribution in [0.15, 0.2) is 12.3 Å². The van der Waals surface area contributed by atoms with Crippen LogP contribution in [0.4, 0.5) is 13.2 Å². The van der Waals surface area contributed by atoms with Crippen molar-refractivity contribution in [2.24, 2.45) is 0 Å². The molecule has 2 rings (SSSR count). The van der Waals surface area contributed by atoms with Crippen LogP contribution in [0, 0.1) is 0 Å². The van der Waals surface area contributed by atoms with Gasteiger partial charge in [-0.3, -0.25) is 9.78 Å². The molecule has 26 heavy (non-hydrogen) atoms. The summed E-state index contributed by atoms with van der Waals surface area (Å²) in [5, 5.41) is 2.32. The van der Waals surface area contributed by atoms with E-state index in [9.17, 15) is 26.4 Å². The Balaban J connectivity index is 2.42. The van der Waals surface area contributed by atoms with Gasteiger partial charge in [0.05, 0.1) is 17.3 Å². The number of rotatable bonds is 5. The molecule has 1 N–H and O–H groups in total. The third-order valence-corrected chi connectivity index (χ3v) is 6.10. The Labute approximate surface area is 150 Å². The van der Waals surface area contributed by atoms with Gasteiger partial charge < -0.3 is 5.32 Å². The molecule has 0 aromatic carbocycles. The van der Waals surface area contributed by atoms with E-state index in [-0.39, 0.29) is 24.3 Å². The van der Waals surface area contributed by atoms with E-state index in [1.54, 1.807) is 0 Å². The first-order valence-corrected chi connectivity index (χ1v) is 9.34. The first-order chi connectivity index (χ1) is 11.9. The number of amides is 1. The lowest BCUT2D eigenvalue weighted by molar-refractivity contribution is -0.138. The Bertz CT molecular complexity index is 781. The molecule has 1 amide bonds. The van der Waals surface area contributed by atoms with Gasteiger partial charge in [-0.15, -0.1) is 0 Å². The van der Waals surface area contributed by atoms with Gasteiger partial charge in [-0.05, 0) is 18.9 Å². The van der Waals surface area contributed by atoms with Crippen molar-refractivity contribution in [2.75, 3.05) is 20.6 Å². The number of carbonyl (C=O) groups is 1. The van der Waals surface area contributed by atoms with Gasteiger partial charge in [0.1, 0.15) is 0 Å². The van der Waals surface area contributed by atoms with Gasteiger partial charge in [-0.1, -0.05) is 0 Å². The van der Waals surface area contributed by atoms with Crippen molar-refractivity contribution in [3.05, 3.63) is 29.1 Å². The van der Waals surface area contributed by atoms with E-state index < -0.39 is 33.9 Å². The maximum Gasteiger partial charge on any atom is 0.416 e. The Hall–Kier alpha value is -1.72. The van der Waals surface area contributed by atoms with Crippen LogP contribution < -0.4 is 5.32 Å². The molecule has 0 aliphatic carbocycles. The lowest BCUT2D eigenvalue weighted by Crippen LogP contribution is -2.39. The average Bonchev–Trinajstić information content (AvgIpc) is 3.02. The number of hydrogen-bond donors (Lipinski definition) is 1. The highest BCUT2D eigenvalue weighted by atomic mass is 32.2. The summed E-state index contributed by atoms with van der Waals surface area (Å²) in [6, 6.07) is 0.129. The molecule has 2 heterocycles. The standard InChI is InChI=1S/C15H21F3N4O3S/c1-10(23)19-8-11-9-20-13(7-12(11)15(16,17)18)14-5-4-6-22(14)26(24,25)21(2)3/h7,9,14H,4-6,8H2,1-3H3,(H,19,23)/t14-/m0/s1. The average molecular weight is 394 g/mol. The van der Waals surface area contributed by atoms with E-state index in [1.165, 1.54) is 25.3 Å². The number of halogens is 3. The first-order valence-electron chi connectivity index (χ1n) is 7.94. The van der Waals surface area contributed by atoms with Crippen molar-refractivity contribution in [3.8, 4) is 0 Å². The minimum atomic E-state index is -4.64. The predicted molar refractivity (Wildman–Crippen MR) is 88.0 cm³/mol. The van der Waals surface area contributed by atoms with Gasteiger partial charge >= 0.3 is 6.18 Å². The fourth-order valence-corrected chi connectivity index (χ4v) is 4.14. The number of carbonyl (C=O) groups excluding carboxylic acids is 1. The summed E-state index contributed by atoms with van der Waals surface area (Å²) < 4.78 is 67.2. The van der Waals surface area contributed by atoms with Gasteiger partial charge in [-0.25, -0.2) is 0 Å². The van der Waals surface area contributed by atoms with Gasteiger partial charge in [0.2, 0.25) is 5.91 Å². The number of alkyl halides is 3. The molecule has 11 heteroatoms. The summed E-state index contributed by atoms with van der Waals surface area (Å²) >= 11 is 0. The topological polar surface area (TPSA) is 82.6 Å². The molecule has 7 nitrogen and oxygen atoms in total. The van der Waals surface area contributed by atoms with E-state index in [1.807, 2.05) is 0 Å². The zero-order chi connectivity index (χ0) is 19.7. The largest absolute Gasteiger partial charge is 0.416 e. The van der Waals surface area contributed by atoms with Crippen LogP contribution in [0.1, 0.15) is 42.6 Å². The van der Waals surface area contributed by atoms with Gasteiger partial charge in [0.25, 0.3) is 10.2 Å². The summed E-state index contributed by atoms with van der Waals surface area (Å²) in [7, 11) is -1.02. The third kappa shape index (κ3) is 4.33. The monoisotopic (exact) mass is 394 g/mol. The van der Waals surface area contributed by atoms with Crippen molar-refractivity contribution in [2.45, 2.75) is 38.5 Å². The molecule has 146 valence electrons. The van der Waals surface area contributed by atoms with Crippen molar-refractivity contribution < 1.29 is 26.4 Å². The maximum atomic E-state index is 13.4. The highest BCUT2D eigenvalue weighted by Gasteiger charge is 2.39. The van der Waals surface area contributed by atoms with Gasteiger partial charge in [-0.2, -0.15) is 30.2 Å². The van der Waals surface area contributed by atoms with Crippen LogP contribution >= 0.6 is 0 Å². The molecule has 1 aromatic rings. The van der Waals surface area contributed by atoms with Crippen LogP contribution in [0.5, 0.6) is 0 Å². The van der Waals surface area contributed by atoms with E-state index in [2.05, 4.69) is 10.3 Å². The molecular weight excluding hydrogens is 373 g/mol. The van der Waals surface area contributed by atoms with E-state index in [4.69, 9.17) is 0 Å². The lowest BCUT2D eigenvalue weighted by atomic mass is 10.0. The smallest absolute Gasteiger partial charge is 0.352 e. The molecule has 0 spiro atoms. The summed E-state index contributed by atoms with van der Waals surface area (Å²) in [6.07, 6.45) is -2.67. The SMILES string of the molecule is CC(=O)NCc1cnc([C@@H]2CCCN2S(=O)(=O)N(C)C)cc1C(F)(F)F. The molecule has 1 atom stereocenters. The molecular formula is C15H21F3N4O3S. The summed E-state index contributed by atoms with van der Waals surface area (Å²) in [4.78, 5) is 15.0. The van der Waals surface area contributed by atoms with Gasteiger partial charge in [0, 0.05) is 45.9 Å². The summed E-state index contributed by atoms with van der Waals surface area (Å²) in [6.45, 7) is 1.13. The molecule has 1 fully saturated rings. The molecule has 0 bridgehead atoms. The van der Waals surface area contributed by atoms with E-state index in [0.717, 1.165) is 16.6 Å². The molecule has 1 aliphatic rings. The Morgan fingerprint density at radius 3 is 2.62 bits per heavy atom. The predicted octanol–water partition coefficient (Wildman–Crippen LogP) is 1.68. The number of nitrogens with zero attached hydrogens (tertiary/aromatic N) is 3. The fourth-order valence-electron chi connectivity index (χ4n) is 2.83. The second-order valence-corrected chi connectivity index (χ2v) is 8.33. The zero-order valence-electron chi connectivity index (χ0n) is 14.7. The molecule has 1 saturated heterocycles. The van der Waals surface area contributed by atoms with Crippen molar-refractivity contribution in [3.63, 3.8) is 0 Å². The Kier molecular flexibility index (Phi) is 5.93. The lowest BCUT2D eigenvalue weighted by Gasteiger charge is -2.27. The summed E-state index contributed by atoms with van der Waals surface area (Å²) in [5.74, 6) is -0.457. The minimum Gasteiger partial charge on any atom is -0.352 e. The molecule has 0 radical (unpaired) electrons. The second kappa shape index (κ2) is 7.49. The number of hydrogen-bond acceptors (Lipinski definition) is 4. The highest BCUT2D eigenvalue weighted by molar-refractivity contribution is 7.86. The molecule has 0 unspecified atom stereocenters. The van der Waals surface area contributed by atoms with Crippen molar-refractivity contribution in [1.29, 1.82) is 0 Å². The third-order valence-electron chi connectivity index (χ3n) is 4.14. The maximum absolute atomic E-state index is 13.4. The van der Waals surface area contributed by atoms with Crippen LogP contribution in [-0.2, 0) is 27.7 Å². The van der Waals surface area contributed by atoms with Crippen molar-refractivity contribution in [1.82, 2.24) is 18.9 Å². The quantitative estimate of drug-likeness (QED) is 0.824. The van der Waals surface area contributed by atoms with Gasteiger partial charge in [0.15, 0.2) is 0 Å². The second-order valence-electron chi connectivity index (χ2n) is 6.23. The van der Waals surface area contributed by atoms with Crippen LogP contribution in [0.25, 0.3) is 0 Å².